The van der Waals surface area contributed by atoms with Crippen LogP contribution >= 0.6 is 0 Å². The fourth-order valence-electron chi connectivity index (χ4n) is 2.18. The molecule has 0 saturated heterocycles. The minimum absolute atomic E-state index is 0.217. The highest BCUT2D eigenvalue weighted by molar-refractivity contribution is 5.76. The van der Waals surface area contributed by atoms with E-state index < -0.39 is 0 Å². The van der Waals surface area contributed by atoms with Gasteiger partial charge in [0.15, 0.2) is 0 Å². The topological polar surface area (TPSA) is 53.1 Å². The SMILES string of the molecule is CCCn1c(COC(C)C)nc2cc(CN)ccc21. The van der Waals surface area contributed by atoms with Crippen molar-refractivity contribution in [3.05, 3.63) is 29.6 Å². The Morgan fingerprint density at radius 1 is 1.37 bits per heavy atom. The fourth-order valence-corrected chi connectivity index (χ4v) is 2.18. The number of fused-ring (bicyclic) bond motifs is 1. The van der Waals surface area contributed by atoms with Crippen molar-refractivity contribution in [1.29, 1.82) is 0 Å². The van der Waals surface area contributed by atoms with Gasteiger partial charge in [0.05, 0.1) is 17.1 Å². The molecule has 0 amide bonds. The number of ether oxygens (including phenoxy) is 1. The fraction of sp³-hybridized carbons (Fsp3) is 0.533. The molecule has 1 aromatic carbocycles. The molecule has 2 N–H and O–H groups in total. The molecular formula is C15H23N3O. The average molecular weight is 261 g/mol. The molecular weight excluding hydrogens is 238 g/mol. The molecule has 0 spiro atoms. The van der Waals surface area contributed by atoms with E-state index >= 15 is 0 Å². The van der Waals surface area contributed by atoms with E-state index in [1.54, 1.807) is 0 Å². The first-order valence-electron chi connectivity index (χ1n) is 6.95. The number of hydrogen-bond donors (Lipinski definition) is 1. The lowest BCUT2D eigenvalue weighted by Crippen LogP contribution is -2.09. The van der Waals surface area contributed by atoms with Crippen LogP contribution in [-0.2, 0) is 24.4 Å². The van der Waals surface area contributed by atoms with E-state index in [2.05, 4.69) is 29.7 Å². The Balaban J connectivity index is 2.40. The van der Waals surface area contributed by atoms with Gasteiger partial charge in [-0.05, 0) is 38.0 Å². The first-order chi connectivity index (χ1) is 9.15. The largest absolute Gasteiger partial charge is 0.371 e. The molecule has 0 aliphatic heterocycles. The summed E-state index contributed by atoms with van der Waals surface area (Å²) in [4.78, 5) is 4.69. The number of hydrogen-bond acceptors (Lipinski definition) is 3. The number of nitrogens with zero attached hydrogens (tertiary/aromatic N) is 2. The Kier molecular flexibility index (Phi) is 4.56. The normalized spacial score (nSPS) is 11.6. The molecule has 2 aromatic rings. The molecule has 0 fully saturated rings. The van der Waals surface area contributed by atoms with Gasteiger partial charge in [-0.3, -0.25) is 0 Å². The molecule has 0 unspecified atom stereocenters. The Hall–Kier alpha value is -1.39. The van der Waals surface area contributed by atoms with Crippen LogP contribution in [0.1, 0.15) is 38.6 Å². The number of aryl methyl sites for hydroxylation is 1. The van der Waals surface area contributed by atoms with Gasteiger partial charge in [0.2, 0.25) is 0 Å². The average Bonchev–Trinajstić information content (AvgIpc) is 2.74. The molecule has 4 heteroatoms. The van der Waals surface area contributed by atoms with Crippen molar-refractivity contribution in [1.82, 2.24) is 9.55 Å². The van der Waals surface area contributed by atoms with Crippen LogP contribution < -0.4 is 5.73 Å². The zero-order valence-electron chi connectivity index (χ0n) is 12.0. The van der Waals surface area contributed by atoms with Gasteiger partial charge >= 0.3 is 0 Å². The Morgan fingerprint density at radius 2 is 2.16 bits per heavy atom. The molecule has 0 saturated carbocycles. The molecule has 1 aromatic heterocycles. The summed E-state index contributed by atoms with van der Waals surface area (Å²) in [5.41, 5.74) is 8.98. The van der Waals surface area contributed by atoms with Crippen LogP contribution in [0, 0.1) is 0 Å². The molecule has 2 rings (SSSR count). The Bertz CT molecular complexity index is 546. The summed E-state index contributed by atoms with van der Waals surface area (Å²) in [6.45, 7) is 8.33. The highest BCUT2D eigenvalue weighted by atomic mass is 16.5. The molecule has 1 heterocycles. The molecule has 0 radical (unpaired) electrons. The predicted octanol–water partition coefficient (Wildman–Crippen LogP) is 2.83. The Labute approximate surface area is 114 Å². The molecule has 0 aliphatic carbocycles. The maximum absolute atomic E-state index is 5.69. The number of benzene rings is 1. The summed E-state index contributed by atoms with van der Waals surface area (Å²) in [6.07, 6.45) is 1.30. The zero-order chi connectivity index (χ0) is 13.8. The van der Waals surface area contributed by atoms with E-state index in [0.717, 1.165) is 29.9 Å². The number of rotatable bonds is 6. The van der Waals surface area contributed by atoms with Gasteiger partial charge in [-0.1, -0.05) is 13.0 Å². The van der Waals surface area contributed by atoms with Crippen LogP contribution in [0.5, 0.6) is 0 Å². The summed E-state index contributed by atoms with van der Waals surface area (Å²) in [5, 5.41) is 0. The molecule has 0 bridgehead atoms. The van der Waals surface area contributed by atoms with Gasteiger partial charge in [0.1, 0.15) is 12.4 Å². The lowest BCUT2D eigenvalue weighted by molar-refractivity contribution is 0.0597. The number of nitrogens with two attached hydrogens (primary N) is 1. The maximum Gasteiger partial charge on any atom is 0.136 e. The summed E-state index contributed by atoms with van der Waals surface area (Å²) in [5.74, 6) is 1.000. The standard InChI is InChI=1S/C15H23N3O/c1-4-7-18-14-6-5-12(9-16)8-13(14)17-15(18)10-19-11(2)3/h5-6,8,11H,4,7,9-10,16H2,1-3H3. The van der Waals surface area contributed by atoms with Crippen LogP contribution in [0.25, 0.3) is 11.0 Å². The van der Waals surface area contributed by atoms with Gasteiger partial charge < -0.3 is 15.0 Å². The van der Waals surface area contributed by atoms with Gasteiger partial charge in [-0.25, -0.2) is 4.98 Å². The van der Waals surface area contributed by atoms with E-state index in [0.29, 0.717) is 13.2 Å². The molecule has 0 atom stereocenters. The second-order valence-corrected chi connectivity index (χ2v) is 5.07. The van der Waals surface area contributed by atoms with Gasteiger partial charge in [-0.15, -0.1) is 0 Å². The van der Waals surface area contributed by atoms with Crippen molar-refractivity contribution >= 4 is 11.0 Å². The maximum atomic E-state index is 5.69. The molecule has 19 heavy (non-hydrogen) atoms. The number of imidazole rings is 1. The summed E-state index contributed by atoms with van der Waals surface area (Å²) in [6, 6.07) is 6.25. The third kappa shape index (κ3) is 3.14. The quantitative estimate of drug-likeness (QED) is 0.870. The minimum atomic E-state index is 0.217. The molecule has 104 valence electrons. The number of aromatic nitrogens is 2. The minimum Gasteiger partial charge on any atom is -0.371 e. The lowest BCUT2D eigenvalue weighted by Gasteiger charge is -2.10. The van der Waals surface area contributed by atoms with E-state index in [1.165, 1.54) is 5.52 Å². The molecule has 0 aliphatic rings. The van der Waals surface area contributed by atoms with Crippen molar-refractivity contribution in [2.24, 2.45) is 5.73 Å². The van der Waals surface area contributed by atoms with Crippen molar-refractivity contribution in [2.45, 2.75) is 53.0 Å². The first-order valence-corrected chi connectivity index (χ1v) is 6.95. The predicted molar refractivity (Wildman–Crippen MR) is 77.8 cm³/mol. The van der Waals surface area contributed by atoms with Crippen LogP contribution in [0.4, 0.5) is 0 Å². The monoisotopic (exact) mass is 261 g/mol. The van der Waals surface area contributed by atoms with Crippen LogP contribution in [0.15, 0.2) is 18.2 Å². The molecule has 4 nitrogen and oxygen atoms in total. The first kappa shape index (κ1) is 14.0. The second-order valence-electron chi connectivity index (χ2n) is 5.07. The van der Waals surface area contributed by atoms with Crippen LogP contribution in [-0.4, -0.2) is 15.7 Å². The summed E-state index contributed by atoms with van der Waals surface area (Å²) >= 11 is 0. The smallest absolute Gasteiger partial charge is 0.136 e. The van der Waals surface area contributed by atoms with E-state index in [9.17, 15) is 0 Å². The van der Waals surface area contributed by atoms with Crippen molar-refractivity contribution in [3.63, 3.8) is 0 Å². The summed E-state index contributed by atoms with van der Waals surface area (Å²) in [7, 11) is 0. The summed E-state index contributed by atoms with van der Waals surface area (Å²) < 4.78 is 7.94. The van der Waals surface area contributed by atoms with Gasteiger partial charge in [0.25, 0.3) is 0 Å². The highest BCUT2D eigenvalue weighted by Crippen LogP contribution is 2.19. The van der Waals surface area contributed by atoms with E-state index in [4.69, 9.17) is 15.5 Å². The van der Waals surface area contributed by atoms with Gasteiger partial charge in [-0.2, -0.15) is 0 Å². The third-order valence-corrected chi connectivity index (χ3v) is 3.12. The van der Waals surface area contributed by atoms with E-state index in [-0.39, 0.29) is 6.10 Å². The second kappa shape index (κ2) is 6.17. The van der Waals surface area contributed by atoms with Crippen molar-refractivity contribution in [3.8, 4) is 0 Å². The third-order valence-electron chi connectivity index (χ3n) is 3.12. The van der Waals surface area contributed by atoms with Gasteiger partial charge in [0, 0.05) is 13.1 Å². The van der Waals surface area contributed by atoms with E-state index in [1.807, 2.05) is 13.8 Å². The highest BCUT2D eigenvalue weighted by Gasteiger charge is 2.11. The Morgan fingerprint density at radius 3 is 2.79 bits per heavy atom. The zero-order valence-corrected chi connectivity index (χ0v) is 12.0. The van der Waals surface area contributed by atoms with Crippen molar-refractivity contribution in [2.75, 3.05) is 0 Å². The van der Waals surface area contributed by atoms with Crippen LogP contribution in [0.2, 0.25) is 0 Å². The van der Waals surface area contributed by atoms with Crippen molar-refractivity contribution < 1.29 is 4.74 Å². The lowest BCUT2D eigenvalue weighted by atomic mass is 10.2. The van der Waals surface area contributed by atoms with Crippen LogP contribution in [0.3, 0.4) is 0 Å².